The molecule has 4 heterocycles. The molecule has 2 aliphatic heterocycles. The number of piperidine rings is 1. The monoisotopic (exact) mass is 659 g/mol. The number of benzene rings is 1. The van der Waals surface area contributed by atoms with Gasteiger partial charge in [0.25, 0.3) is 5.91 Å². The number of phenolic OH excluding ortho intramolecular Hbond substituents is 1. The van der Waals surface area contributed by atoms with Gasteiger partial charge in [-0.3, -0.25) is 9.59 Å². The molecule has 1 amide bonds. The summed E-state index contributed by atoms with van der Waals surface area (Å²) in [7, 11) is 0. The number of aromatic nitrogens is 2. The molecule has 0 aliphatic carbocycles. The summed E-state index contributed by atoms with van der Waals surface area (Å²) in [5, 5.41) is 24.9. The molecule has 2 aliphatic rings. The van der Waals surface area contributed by atoms with Crippen molar-refractivity contribution in [1.29, 1.82) is 0 Å². The zero-order valence-corrected chi connectivity index (χ0v) is 28.3. The Morgan fingerprint density at radius 1 is 1.09 bits per heavy atom. The number of hydrogen-bond donors (Lipinski definition) is 4. The number of aromatic amines is 1. The summed E-state index contributed by atoms with van der Waals surface area (Å²) >= 11 is 2.54. The predicted molar refractivity (Wildman–Crippen MR) is 181 cm³/mol. The molecule has 2 saturated heterocycles. The summed E-state index contributed by atoms with van der Waals surface area (Å²) in [4.78, 5) is 37.0. The van der Waals surface area contributed by atoms with Crippen molar-refractivity contribution < 1.29 is 19.7 Å². The topological polar surface area (TPSA) is 131 Å². The van der Waals surface area contributed by atoms with E-state index < -0.39 is 6.10 Å². The summed E-state index contributed by atoms with van der Waals surface area (Å²) in [6.07, 6.45) is 11.4. The lowest BCUT2D eigenvalue weighted by Crippen LogP contribution is -2.58. The summed E-state index contributed by atoms with van der Waals surface area (Å²) in [5.41, 5.74) is 0.857. The number of rotatable bonds is 15. The van der Waals surface area contributed by atoms with Crippen molar-refractivity contribution in [3.05, 3.63) is 43.4 Å². The Balaban J connectivity index is 0.891. The Kier molecular flexibility index (Phi) is 12.1. The molecular formula is C33H49N5O5S2. The molecule has 10 nitrogen and oxygen atoms in total. The van der Waals surface area contributed by atoms with Gasteiger partial charge in [0.15, 0.2) is 0 Å². The van der Waals surface area contributed by atoms with Crippen molar-refractivity contribution in [2.45, 2.75) is 89.3 Å². The number of hydrogen-bond acceptors (Lipinski definition) is 10. The number of carbonyl (C=O) groups is 1. The third kappa shape index (κ3) is 8.93. The average molecular weight is 660 g/mol. The van der Waals surface area contributed by atoms with Crippen LogP contribution in [0.2, 0.25) is 0 Å². The normalized spacial score (nSPS) is 17.9. The van der Waals surface area contributed by atoms with Crippen LogP contribution in [0.1, 0.15) is 104 Å². The number of aliphatic hydroxyl groups excluding tert-OH is 1. The van der Waals surface area contributed by atoms with E-state index in [1.165, 1.54) is 55.9 Å². The van der Waals surface area contributed by atoms with E-state index >= 15 is 0 Å². The maximum Gasteiger partial charge on any atom is 0.305 e. The van der Waals surface area contributed by atoms with Gasteiger partial charge < -0.3 is 35.1 Å². The second-order valence-corrected chi connectivity index (χ2v) is 15.0. The first-order valence-corrected chi connectivity index (χ1v) is 18.2. The molecule has 248 valence electrons. The number of morpholine rings is 1. The Morgan fingerprint density at radius 3 is 2.56 bits per heavy atom. The Hall–Kier alpha value is -2.35. The molecule has 12 heteroatoms. The number of amides is 1. The van der Waals surface area contributed by atoms with Crippen LogP contribution in [0.15, 0.2) is 23.1 Å². The minimum Gasteiger partial charge on any atom is -0.506 e. The van der Waals surface area contributed by atoms with E-state index in [2.05, 4.69) is 34.0 Å². The highest BCUT2D eigenvalue weighted by Crippen LogP contribution is 2.33. The van der Waals surface area contributed by atoms with E-state index in [9.17, 15) is 19.8 Å². The molecule has 0 radical (unpaired) electrons. The lowest BCUT2D eigenvalue weighted by molar-refractivity contribution is -0.127. The van der Waals surface area contributed by atoms with Crippen molar-refractivity contribution >= 4 is 38.8 Å². The fraction of sp³-hybridized carbons (Fsp3) is 0.667. The summed E-state index contributed by atoms with van der Waals surface area (Å²) in [5.74, 6) is 0.465. The zero-order chi connectivity index (χ0) is 31.8. The van der Waals surface area contributed by atoms with Gasteiger partial charge in [0.1, 0.15) is 16.1 Å². The maximum atomic E-state index is 13.2. The molecule has 45 heavy (non-hydrogen) atoms. The fourth-order valence-electron chi connectivity index (χ4n) is 6.43. The molecule has 1 spiro atoms. The smallest absolute Gasteiger partial charge is 0.305 e. The van der Waals surface area contributed by atoms with Crippen LogP contribution in [0.3, 0.4) is 0 Å². The lowest BCUT2D eigenvalue weighted by atomic mass is 9.89. The number of aliphatic hydroxyl groups is 1. The van der Waals surface area contributed by atoms with Gasteiger partial charge in [-0.05, 0) is 44.8 Å². The first-order valence-electron chi connectivity index (χ1n) is 16.6. The molecular weight excluding hydrogens is 611 g/mol. The lowest BCUT2D eigenvalue weighted by Gasteiger charge is -2.47. The number of fused-ring (bicyclic) bond motifs is 1. The van der Waals surface area contributed by atoms with E-state index in [-0.39, 0.29) is 22.1 Å². The highest BCUT2D eigenvalue weighted by atomic mass is 32.1. The number of nitrogens with one attached hydrogen (secondary N) is 2. The number of likely N-dealkylation sites (tertiary alicyclic amines) is 1. The number of thiazole rings is 2. The molecule has 2 fully saturated rings. The molecule has 3 aromatic rings. The van der Waals surface area contributed by atoms with Crippen molar-refractivity contribution in [3.63, 3.8) is 0 Å². The van der Waals surface area contributed by atoms with Gasteiger partial charge in [0, 0.05) is 37.7 Å². The Bertz CT molecular complexity index is 1440. The first kappa shape index (κ1) is 34.0. The van der Waals surface area contributed by atoms with Crippen LogP contribution in [-0.4, -0.2) is 93.9 Å². The second-order valence-electron chi connectivity index (χ2n) is 12.9. The van der Waals surface area contributed by atoms with Crippen molar-refractivity contribution in [3.8, 4) is 5.75 Å². The molecule has 1 unspecified atom stereocenters. The van der Waals surface area contributed by atoms with Crippen LogP contribution in [0.5, 0.6) is 5.75 Å². The molecule has 4 N–H and O–H groups in total. The van der Waals surface area contributed by atoms with Crippen LogP contribution < -0.4 is 10.2 Å². The zero-order valence-electron chi connectivity index (χ0n) is 26.7. The standard InChI is InChI=1S/C33H49N5O5S2/c1-23(2)30-35-21-27(44-30)31(41)38-18-19-43-33(22-38)12-16-37(17-13-33)15-9-7-5-3-4-6-8-14-34-20-26(40)24-10-11-25(39)28-29(24)45-32(42)36-28/h10-11,21,23,26,34,39-40H,3-9,12-20,22H2,1-2H3,(H,36,42). The van der Waals surface area contributed by atoms with Gasteiger partial charge in [0.2, 0.25) is 0 Å². The quantitative estimate of drug-likeness (QED) is 0.163. The molecule has 0 saturated carbocycles. The largest absolute Gasteiger partial charge is 0.506 e. The van der Waals surface area contributed by atoms with Gasteiger partial charge in [-0.1, -0.05) is 63.4 Å². The van der Waals surface area contributed by atoms with Gasteiger partial charge in [-0.15, -0.1) is 11.3 Å². The molecule has 1 aromatic carbocycles. The number of H-pyrrole nitrogens is 1. The van der Waals surface area contributed by atoms with Crippen LogP contribution in [0.4, 0.5) is 0 Å². The predicted octanol–water partition coefficient (Wildman–Crippen LogP) is 5.24. The number of nitrogens with zero attached hydrogens (tertiary/aromatic N) is 3. The van der Waals surface area contributed by atoms with Gasteiger partial charge in [-0.25, -0.2) is 4.98 Å². The van der Waals surface area contributed by atoms with E-state index in [0.29, 0.717) is 47.9 Å². The number of unbranched alkanes of at least 4 members (excludes halogenated alkanes) is 6. The van der Waals surface area contributed by atoms with Gasteiger partial charge in [-0.2, -0.15) is 0 Å². The SMILES string of the molecule is CC(C)c1ncc(C(=O)N2CCOC3(CCN(CCCCCCCCCNCC(O)c4ccc(O)c5[nH]c(=O)sc45)CC3)C2)s1. The van der Waals surface area contributed by atoms with E-state index in [1.54, 1.807) is 12.3 Å². The number of carbonyl (C=O) groups excluding carboxylic acids is 1. The first-order chi connectivity index (χ1) is 21.7. The molecule has 0 bridgehead atoms. The molecule has 2 aromatic heterocycles. The van der Waals surface area contributed by atoms with Crippen molar-refractivity contribution in [1.82, 2.24) is 25.1 Å². The number of ether oxygens (including phenoxy) is 1. The van der Waals surface area contributed by atoms with Crippen LogP contribution in [0.25, 0.3) is 10.2 Å². The minimum atomic E-state index is -0.730. The van der Waals surface area contributed by atoms with Crippen LogP contribution in [0, 0.1) is 0 Å². The van der Waals surface area contributed by atoms with Gasteiger partial charge in [0.05, 0.1) is 40.8 Å². The van der Waals surface area contributed by atoms with E-state index in [4.69, 9.17) is 4.74 Å². The maximum absolute atomic E-state index is 13.2. The van der Waals surface area contributed by atoms with Crippen molar-refractivity contribution in [2.75, 3.05) is 52.4 Å². The van der Waals surface area contributed by atoms with E-state index in [1.807, 2.05) is 4.90 Å². The highest BCUT2D eigenvalue weighted by Gasteiger charge is 2.41. The van der Waals surface area contributed by atoms with E-state index in [0.717, 1.165) is 66.7 Å². The third-order valence-electron chi connectivity index (χ3n) is 9.14. The number of phenols is 1. The number of aromatic hydroxyl groups is 1. The summed E-state index contributed by atoms with van der Waals surface area (Å²) in [6.45, 7) is 10.6. The van der Waals surface area contributed by atoms with Gasteiger partial charge >= 0.3 is 4.87 Å². The summed E-state index contributed by atoms with van der Waals surface area (Å²) < 4.78 is 6.92. The third-order valence-corrected chi connectivity index (χ3v) is 11.4. The summed E-state index contributed by atoms with van der Waals surface area (Å²) in [6, 6.07) is 3.20. The molecule has 1 atom stereocenters. The average Bonchev–Trinajstić information content (AvgIpc) is 3.68. The van der Waals surface area contributed by atoms with Crippen LogP contribution >= 0.6 is 22.7 Å². The highest BCUT2D eigenvalue weighted by molar-refractivity contribution is 7.16. The van der Waals surface area contributed by atoms with Crippen molar-refractivity contribution in [2.24, 2.45) is 0 Å². The fourth-order valence-corrected chi connectivity index (χ4v) is 8.24. The minimum absolute atomic E-state index is 0.0249. The Morgan fingerprint density at radius 2 is 1.82 bits per heavy atom. The Labute approximate surface area is 273 Å². The molecule has 5 rings (SSSR count). The second kappa shape index (κ2) is 16.0. The van der Waals surface area contributed by atoms with Crippen LogP contribution in [-0.2, 0) is 4.74 Å².